The fourth-order valence-corrected chi connectivity index (χ4v) is 6.49. The highest BCUT2D eigenvalue weighted by molar-refractivity contribution is 8.22. The van der Waals surface area contributed by atoms with E-state index in [2.05, 4.69) is 22.1 Å². The molecule has 8 heteroatoms. The third-order valence-corrected chi connectivity index (χ3v) is 8.70. The first-order valence-electron chi connectivity index (χ1n) is 12.1. The highest BCUT2D eigenvalue weighted by Gasteiger charge is 2.27. The Hall–Kier alpha value is -2.13. The summed E-state index contributed by atoms with van der Waals surface area (Å²) in [4.78, 5) is 20.4. The minimum atomic E-state index is -3.06. The number of carbonyl (C=O) groups is 1. The standard InChI is InChI=1S/C25H36N4O3S/c1-2-8-20-12-17-28(18-13-20)24-23(11-7-14-26-24)25(30)27-21-9-6-10-22(19-21)33(31,32)29-15-4-3-5-16-29/h6-7,9-11,14,19-20,31-32H,2-5,8,12-13,15-18H2,1H3,(H,27,30). The largest absolute Gasteiger partial charge is 0.356 e. The molecule has 4 rings (SSSR count). The van der Waals surface area contributed by atoms with Crippen LogP contribution in [0.5, 0.6) is 0 Å². The fraction of sp³-hybridized carbons (Fsp3) is 0.520. The molecule has 0 atom stereocenters. The number of anilines is 2. The van der Waals surface area contributed by atoms with E-state index in [1.807, 2.05) is 0 Å². The van der Waals surface area contributed by atoms with Crippen molar-refractivity contribution < 1.29 is 13.9 Å². The van der Waals surface area contributed by atoms with Gasteiger partial charge >= 0.3 is 0 Å². The molecular formula is C25H36N4O3S. The highest BCUT2D eigenvalue weighted by Crippen LogP contribution is 2.52. The van der Waals surface area contributed by atoms with E-state index in [4.69, 9.17) is 0 Å². The molecule has 2 aromatic rings. The van der Waals surface area contributed by atoms with E-state index in [9.17, 15) is 13.9 Å². The maximum atomic E-state index is 13.2. The number of benzene rings is 1. The molecule has 2 aliphatic rings. The number of aromatic nitrogens is 1. The summed E-state index contributed by atoms with van der Waals surface area (Å²) in [5, 5.41) is 2.95. The molecule has 7 nitrogen and oxygen atoms in total. The van der Waals surface area contributed by atoms with Crippen molar-refractivity contribution in [3.8, 4) is 0 Å². The van der Waals surface area contributed by atoms with E-state index in [1.165, 1.54) is 12.8 Å². The highest BCUT2D eigenvalue weighted by atomic mass is 32.3. The van der Waals surface area contributed by atoms with Gasteiger partial charge in [0, 0.05) is 38.1 Å². The SMILES string of the molecule is CCCC1CCN(c2ncccc2C(=O)Nc2cccc(S(O)(O)N3CCCCC3)c2)CC1. The van der Waals surface area contributed by atoms with Crippen molar-refractivity contribution in [2.75, 3.05) is 36.4 Å². The zero-order valence-electron chi connectivity index (χ0n) is 19.4. The van der Waals surface area contributed by atoms with Gasteiger partial charge in [0.05, 0.1) is 10.5 Å². The summed E-state index contributed by atoms with van der Waals surface area (Å²) in [7, 11) is -3.06. The summed E-state index contributed by atoms with van der Waals surface area (Å²) < 4.78 is 23.6. The van der Waals surface area contributed by atoms with Crippen LogP contribution < -0.4 is 10.2 Å². The van der Waals surface area contributed by atoms with Gasteiger partial charge in [0.1, 0.15) is 5.82 Å². The van der Waals surface area contributed by atoms with Gasteiger partial charge < -0.3 is 10.2 Å². The Balaban J connectivity index is 1.48. The minimum Gasteiger partial charge on any atom is -0.356 e. The van der Waals surface area contributed by atoms with E-state index >= 15 is 0 Å². The average molecular weight is 473 g/mol. The Kier molecular flexibility index (Phi) is 7.90. The normalized spacial score (nSPS) is 18.8. The van der Waals surface area contributed by atoms with Crippen LogP contribution in [0.1, 0.15) is 62.2 Å². The van der Waals surface area contributed by atoms with Gasteiger partial charge in [-0.1, -0.05) is 32.3 Å². The van der Waals surface area contributed by atoms with Crippen molar-refractivity contribution in [1.29, 1.82) is 0 Å². The predicted molar refractivity (Wildman–Crippen MR) is 135 cm³/mol. The molecule has 0 spiro atoms. The molecule has 2 saturated heterocycles. The second kappa shape index (κ2) is 10.9. The molecule has 3 heterocycles. The number of hydrogen-bond acceptors (Lipinski definition) is 6. The van der Waals surface area contributed by atoms with E-state index in [-0.39, 0.29) is 5.91 Å². The van der Waals surface area contributed by atoms with Crippen LogP contribution in [0.3, 0.4) is 0 Å². The van der Waals surface area contributed by atoms with Crippen LogP contribution in [-0.2, 0) is 0 Å². The molecule has 0 aliphatic carbocycles. The van der Waals surface area contributed by atoms with Gasteiger partial charge in [-0.25, -0.2) is 9.29 Å². The zero-order valence-corrected chi connectivity index (χ0v) is 20.3. The van der Waals surface area contributed by atoms with Crippen LogP contribution in [0.15, 0.2) is 47.5 Å². The number of nitrogens with one attached hydrogen (secondary N) is 1. The van der Waals surface area contributed by atoms with E-state index in [0.29, 0.717) is 29.2 Å². The lowest BCUT2D eigenvalue weighted by atomic mass is 9.92. The summed E-state index contributed by atoms with van der Waals surface area (Å²) in [5.74, 6) is 1.24. The van der Waals surface area contributed by atoms with Gasteiger partial charge in [0.15, 0.2) is 0 Å². The van der Waals surface area contributed by atoms with Gasteiger partial charge in [-0.15, -0.1) is 10.8 Å². The maximum absolute atomic E-state index is 13.2. The van der Waals surface area contributed by atoms with Crippen LogP contribution >= 0.6 is 10.8 Å². The lowest BCUT2D eigenvalue weighted by Crippen LogP contribution is -2.35. The molecule has 2 fully saturated rings. The summed E-state index contributed by atoms with van der Waals surface area (Å²) >= 11 is 0. The molecule has 0 unspecified atom stereocenters. The third kappa shape index (κ3) is 5.69. The summed E-state index contributed by atoms with van der Waals surface area (Å²) in [6.07, 6.45) is 9.51. The first-order chi connectivity index (χ1) is 16.0. The molecule has 33 heavy (non-hydrogen) atoms. The van der Waals surface area contributed by atoms with Gasteiger partial charge in [0.2, 0.25) is 0 Å². The van der Waals surface area contributed by atoms with E-state index in [0.717, 1.165) is 56.9 Å². The molecular weight excluding hydrogens is 436 g/mol. The maximum Gasteiger partial charge on any atom is 0.259 e. The molecule has 3 N–H and O–H groups in total. The van der Waals surface area contributed by atoms with Crippen LogP contribution in [0.2, 0.25) is 0 Å². The van der Waals surface area contributed by atoms with Gasteiger partial charge in [-0.2, -0.15) is 0 Å². The molecule has 0 bridgehead atoms. The number of piperidine rings is 2. The van der Waals surface area contributed by atoms with E-state index < -0.39 is 10.8 Å². The number of pyridine rings is 1. The monoisotopic (exact) mass is 472 g/mol. The van der Waals surface area contributed by atoms with Crippen LogP contribution in [-0.4, -0.2) is 50.5 Å². The lowest BCUT2D eigenvalue weighted by Gasteiger charge is -2.44. The van der Waals surface area contributed by atoms with Gasteiger partial charge in [-0.3, -0.25) is 13.9 Å². The first kappa shape index (κ1) is 24.0. The topological polar surface area (TPSA) is 88.9 Å². The Labute approximate surface area is 198 Å². The summed E-state index contributed by atoms with van der Waals surface area (Å²) in [6.45, 7) is 5.40. The molecule has 0 saturated carbocycles. The molecule has 1 amide bonds. The van der Waals surface area contributed by atoms with Gasteiger partial charge in [-0.05, 0) is 61.9 Å². The van der Waals surface area contributed by atoms with Crippen molar-refractivity contribution in [2.24, 2.45) is 5.92 Å². The molecule has 1 aromatic heterocycles. The smallest absolute Gasteiger partial charge is 0.259 e. The van der Waals surface area contributed by atoms with Crippen molar-refractivity contribution >= 4 is 28.2 Å². The van der Waals surface area contributed by atoms with Crippen molar-refractivity contribution in [1.82, 2.24) is 9.29 Å². The number of rotatable bonds is 7. The Morgan fingerprint density at radius 2 is 1.85 bits per heavy atom. The predicted octanol–water partition coefficient (Wildman–Crippen LogP) is 5.86. The quantitative estimate of drug-likeness (QED) is 0.468. The second-order valence-corrected chi connectivity index (χ2v) is 11.1. The molecule has 0 radical (unpaired) electrons. The summed E-state index contributed by atoms with van der Waals surface area (Å²) in [6, 6.07) is 10.5. The second-order valence-electron chi connectivity index (χ2n) is 9.08. The van der Waals surface area contributed by atoms with E-state index in [1.54, 1.807) is 46.9 Å². The molecule has 180 valence electrons. The van der Waals surface area contributed by atoms with Crippen molar-refractivity contribution in [2.45, 2.75) is 56.8 Å². The fourth-order valence-electron chi connectivity index (χ4n) is 4.88. The molecule has 2 aliphatic heterocycles. The Bertz CT molecular complexity index is 941. The van der Waals surface area contributed by atoms with Crippen molar-refractivity contribution in [3.63, 3.8) is 0 Å². The Morgan fingerprint density at radius 3 is 2.58 bits per heavy atom. The Morgan fingerprint density at radius 1 is 1.09 bits per heavy atom. The molecule has 1 aromatic carbocycles. The summed E-state index contributed by atoms with van der Waals surface area (Å²) in [5.41, 5.74) is 1.09. The number of amides is 1. The lowest BCUT2D eigenvalue weighted by molar-refractivity contribution is 0.102. The van der Waals surface area contributed by atoms with Gasteiger partial charge in [0.25, 0.3) is 5.91 Å². The zero-order chi connectivity index (χ0) is 23.3. The number of hydrogen-bond donors (Lipinski definition) is 3. The first-order valence-corrected chi connectivity index (χ1v) is 13.6. The minimum absolute atomic E-state index is 0.236. The number of carbonyl (C=O) groups excluding carboxylic acids is 1. The average Bonchev–Trinajstić information content (AvgIpc) is 2.85. The van der Waals surface area contributed by atoms with Crippen LogP contribution in [0, 0.1) is 5.92 Å². The number of nitrogens with zero attached hydrogens (tertiary/aromatic N) is 3. The third-order valence-electron chi connectivity index (χ3n) is 6.73. The van der Waals surface area contributed by atoms with Crippen molar-refractivity contribution in [3.05, 3.63) is 48.2 Å². The van der Waals surface area contributed by atoms with Crippen LogP contribution in [0.4, 0.5) is 11.5 Å². The van der Waals surface area contributed by atoms with Crippen LogP contribution in [0.25, 0.3) is 0 Å².